The fraction of sp³-hybridized carbons (Fsp3) is 0.300. The highest BCUT2D eigenvalue weighted by atomic mass is 16.7. The molecule has 0 amide bonds. The Bertz CT molecular complexity index is 275. The van der Waals surface area contributed by atoms with E-state index in [1.54, 1.807) is 24.3 Å². The molecule has 0 unspecified atom stereocenters. The summed E-state index contributed by atoms with van der Waals surface area (Å²) in [4.78, 5) is 16.1. The summed E-state index contributed by atoms with van der Waals surface area (Å²) in [5.41, 5.74) is 8.37. The van der Waals surface area contributed by atoms with Gasteiger partial charge in [-0.2, -0.15) is 5.48 Å². The molecule has 4 heteroatoms. The van der Waals surface area contributed by atoms with Crippen molar-refractivity contribution in [2.24, 2.45) is 5.73 Å². The van der Waals surface area contributed by atoms with Gasteiger partial charge in [-0.15, -0.1) is 0 Å². The van der Waals surface area contributed by atoms with Crippen LogP contribution in [0.3, 0.4) is 0 Å². The van der Waals surface area contributed by atoms with E-state index in [2.05, 4.69) is 5.48 Å². The van der Waals surface area contributed by atoms with Crippen LogP contribution in [0.4, 0.5) is 0 Å². The molecule has 0 aliphatic rings. The van der Waals surface area contributed by atoms with Gasteiger partial charge in [-0.3, -0.25) is 0 Å². The lowest BCUT2D eigenvalue weighted by atomic mass is 10.2. The number of nitrogens with two attached hydrogens (primary N) is 1. The van der Waals surface area contributed by atoms with Crippen molar-refractivity contribution in [2.45, 2.75) is 6.42 Å². The zero-order chi connectivity index (χ0) is 10.2. The largest absolute Gasteiger partial charge is 0.367 e. The third-order valence-electron chi connectivity index (χ3n) is 1.66. The summed E-state index contributed by atoms with van der Waals surface area (Å²) >= 11 is 0. The number of hydrogen-bond acceptors (Lipinski definition) is 4. The van der Waals surface area contributed by atoms with Crippen LogP contribution >= 0.6 is 0 Å². The van der Waals surface area contributed by atoms with E-state index in [9.17, 15) is 4.79 Å². The number of rotatable bonds is 5. The van der Waals surface area contributed by atoms with Crippen LogP contribution < -0.4 is 11.2 Å². The second-order valence-electron chi connectivity index (χ2n) is 2.79. The molecule has 3 N–H and O–H groups in total. The van der Waals surface area contributed by atoms with Crippen LogP contribution in [-0.4, -0.2) is 19.1 Å². The van der Waals surface area contributed by atoms with E-state index in [1.807, 2.05) is 6.07 Å². The van der Waals surface area contributed by atoms with Gasteiger partial charge in [-0.05, 0) is 25.1 Å². The quantitative estimate of drug-likeness (QED) is 0.535. The average Bonchev–Trinajstić information content (AvgIpc) is 2.25. The van der Waals surface area contributed by atoms with Gasteiger partial charge in [0, 0.05) is 6.54 Å². The Kier molecular flexibility index (Phi) is 4.68. The highest BCUT2D eigenvalue weighted by Crippen LogP contribution is 1.99. The molecule has 0 atom stereocenters. The van der Waals surface area contributed by atoms with Crippen molar-refractivity contribution in [1.82, 2.24) is 5.48 Å². The first kappa shape index (κ1) is 10.7. The summed E-state index contributed by atoms with van der Waals surface area (Å²) in [6.07, 6.45) is 0.780. The van der Waals surface area contributed by atoms with E-state index in [4.69, 9.17) is 10.6 Å². The molecule has 4 nitrogen and oxygen atoms in total. The van der Waals surface area contributed by atoms with E-state index >= 15 is 0 Å². The van der Waals surface area contributed by atoms with Gasteiger partial charge in [0.1, 0.15) is 0 Å². The molecule has 14 heavy (non-hydrogen) atoms. The van der Waals surface area contributed by atoms with E-state index in [0.29, 0.717) is 18.7 Å². The normalized spacial score (nSPS) is 9.79. The Morgan fingerprint density at radius 3 is 2.71 bits per heavy atom. The van der Waals surface area contributed by atoms with Crippen LogP contribution in [0.25, 0.3) is 0 Å². The first-order valence-electron chi connectivity index (χ1n) is 4.53. The summed E-state index contributed by atoms with van der Waals surface area (Å²) in [6.45, 7) is 1.16. The van der Waals surface area contributed by atoms with E-state index in [-0.39, 0.29) is 5.97 Å². The van der Waals surface area contributed by atoms with E-state index in [0.717, 1.165) is 6.42 Å². The Balaban J connectivity index is 2.29. The monoisotopic (exact) mass is 194 g/mol. The van der Waals surface area contributed by atoms with Gasteiger partial charge < -0.3 is 10.6 Å². The molecular formula is C10H14N2O2. The number of nitrogens with one attached hydrogen (secondary N) is 1. The van der Waals surface area contributed by atoms with Gasteiger partial charge in [0.05, 0.1) is 5.56 Å². The Labute approximate surface area is 83.0 Å². The number of carbonyl (C=O) groups excluding carboxylic acids is 1. The maximum Gasteiger partial charge on any atom is 0.356 e. The summed E-state index contributed by atoms with van der Waals surface area (Å²) < 4.78 is 0. The van der Waals surface area contributed by atoms with Crippen LogP contribution in [0, 0.1) is 0 Å². The standard InChI is InChI=1S/C10H14N2O2/c11-7-4-8-12-14-10(13)9-5-2-1-3-6-9/h1-3,5-6,12H,4,7-8,11H2. The van der Waals surface area contributed by atoms with Crippen LogP contribution in [0.15, 0.2) is 30.3 Å². The number of hydroxylamine groups is 1. The van der Waals surface area contributed by atoms with Crippen molar-refractivity contribution in [3.05, 3.63) is 35.9 Å². The molecule has 0 spiro atoms. The van der Waals surface area contributed by atoms with Crippen molar-refractivity contribution in [1.29, 1.82) is 0 Å². The predicted molar refractivity (Wildman–Crippen MR) is 53.5 cm³/mol. The van der Waals surface area contributed by atoms with Crippen LogP contribution in [0.2, 0.25) is 0 Å². The maximum atomic E-state index is 11.3. The molecule has 1 aromatic carbocycles. The number of carbonyl (C=O) groups is 1. The fourth-order valence-electron chi connectivity index (χ4n) is 0.924. The summed E-state index contributed by atoms with van der Waals surface area (Å²) in [5.74, 6) is -0.373. The molecule has 1 aromatic rings. The smallest absolute Gasteiger partial charge is 0.356 e. The van der Waals surface area contributed by atoms with Crippen molar-refractivity contribution in [3.8, 4) is 0 Å². The van der Waals surface area contributed by atoms with Gasteiger partial charge in [0.2, 0.25) is 0 Å². The van der Waals surface area contributed by atoms with Gasteiger partial charge in [-0.25, -0.2) is 4.79 Å². The van der Waals surface area contributed by atoms with E-state index in [1.165, 1.54) is 0 Å². The van der Waals surface area contributed by atoms with Crippen LogP contribution in [0.5, 0.6) is 0 Å². The molecule has 0 aliphatic carbocycles. The first-order chi connectivity index (χ1) is 6.84. The second-order valence-corrected chi connectivity index (χ2v) is 2.79. The topological polar surface area (TPSA) is 64.3 Å². The predicted octanol–water partition coefficient (Wildman–Crippen LogP) is 0.697. The summed E-state index contributed by atoms with van der Waals surface area (Å²) in [5, 5.41) is 0. The van der Waals surface area contributed by atoms with Gasteiger partial charge in [-0.1, -0.05) is 18.2 Å². The van der Waals surface area contributed by atoms with Crippen molar-refractivity contribution < 1.29 is 9.63 Å². The average molecular weight is 194 g/mol. The third kappa shape index (κ3) is 3.55. The molecule has 0 fully saturated rings. The van der Waals surface area contributed by atoms with Crippen molar-refractivity contribution in [2.75, 3.05) is 13.1 Å². The molecule has 0 saturated carbocycles. The summed E-state index contributed by atoms with van der Waals surface area (Å²) in [7, 11) is 0. The van der Waals surface area contributed by atoms with Crippen LogP contribution in [0.1, 0.15) is 16.8 Å². The molecular weight excluding hydrogens is 180 g/mol. The van der Waals surface area contributed by atoms with Crippen molar-refractivity contribution in [3.63, 3.8) is 0 Å². The Morgan fingerprint density at radius 2 is 2.07 bits per heavy atom. The lowest BCUT2D eigenvalue weighted by Gasteiger charge is -2.04. The molecule has 76 valence electrons. The fourth-order valence-corrected chi connectivity index (χ4v) is 0.924. The Hall–Kier alpha value is -1.39. The second kappa shape index (κ2) is 6.12. The molecule has 0 aliphatic heterocycles. The van der Waals surface area contributed by atoms with Gasteiger partial charge in [0.15, 0.2) is 0 Å². The molecule has 0 saturated heterocycles. The minimum Gasteiger partial charge on any atom is -0.367 e. The molecule has 0 heterocycles. The zero-order valence-corrected chi connectivity index (χ0v) is 7.90. The first-order valence-corrected chi connectivity index (χ1v) is 4.53. The van der Waals surface area contributed by atoms with E-state index < -0.39 is 0 Å². The minimum atomic E-state index is -0.373. The lowest BCUT2D eigenvalue weighted by Crippen LogP contribution is -2.22. The highest BCUT2D eigenvalue weighted by Gasteiger charge is 2.04. The zero-order valence-electron chi connectivity index (χ0n) is 7.90. The summed E-state index contributed by atoms with van der Waals surface area (Å²) in [6, 6.07) is 8.82. The molecule has 0 aromatic heterocycles. The molecule has 0 radical (unpaired) electrons. The number of hydrogen-bond donors (Lipinski definition) is 2. The minimum absolute atomic E-state index is 0.373. The SMILES string of the molecule is NCCCNOC(=O)c1ccccc1. The molecule has 1 rings (SSSR count). The maximum absolute atomic E-state index is 11.3. The van der Waals surface area contributed by atoms with Crippen molar-refractivity contribution >= 4 is 5.97 Å². The van der Waals surface area contributed by atoms with Gasteiger partial charge in [0.25, 0.3) is 0 Å². The third-order valence-corrected chi connectivity index (χ3v) is 1.66. The van der Waals surface area contributed by atoms with Crippen LogP contribution in [-0.2, 0) is 4.84 Å². The van der Waals surface area contributed by atoms with Gasteiger partial charge >= 0.3 is 5.97 Å². The number of benzene rings is 1. The molecule has 0 bridgehead atoms. The Morgan fingerprint density at radius 1 is 1.36 bits per heavy atom. The highest BCUT2D eigenvalue weighted by molar-refractivity contribution is 5.89. The lowest BCUT2D eigenvalue weighted by molar-refractivity contribution is 0.0253.